The first-order chi connectivity index (χ1) is 15.4. The molecule has 6 rings (SSSR count). The van der Waals surface area contributed by atoms with Crippen LogP contribution in [0.5, 0.6) is 0 Å². The molecule has 2 aromatic carbocycles. The molecule has 0 aliphatic heterocycles. The van der Waals surface area contributed by atoms with Crippen LogP contribution >= 0.6 is 0 Å². The monoisotopic (exact) mass is 430 g/mol. The van der Waals surface area contributed by atoms with Crippen molar-refractivity contribution in [1.82, 2.24) is 0 Å². The zero-order chi connectivity index (χ0) is 22.3. The molecule has 0 heterocycles. The summed E-state index contributed by atoms with van der Waals surface area (Å²) in [7, 11) is 0. The van der Waals surface area contributed by atoms with E-state index in [1.807, 2.05) is 42.5 Å². The Morgan fingerprint density at radius 2 is 1.41 bits per heavy atom. The Balaban J connectivity index is 1.30. The molecule has 4 aliphatic carbocycles. The number of hydrogen-bond acceptors (Lipinski definition) is 2. The number of rotatable bonds is 6. The summed E-state index contributed by atoms with van der Waals surface area (Å²) in [5, 5.41) is 6.15. The number of amides is 2. The number of carbonyl (C=O) groups is 2. The van der Waals surface area contributed by atoms with E-state index >= 15 is 0 Å². The Hall–Kier alpha value is -2.62. The summed E-state index contributed by atoms with van der Waals surface area (Å²) in [6.07, 6.45) is 8.34. The number of nitrogens with one attached hydrogen (secondary N) is 2. The van der Waals surface area contributed by atoms with Crippen LogP contribution in [0.2, 0.25) is 0 Å². The molecule has 0 aromatic heterocycles. The lowest BCUT2D eigenvalue weighted by molar-refractivity contribution is -0.124. The Kier molecular flexibility index (Phi) is 5.56. The second-order valence-corrected chi connectivity index (χ2v) is 10.9. The van der Waals surface area contributed by atoms with E-state index in [0.29, 0.717) is 23.6 Å². The first-order valence-electron chi connectivity index (χ1n) is 12.2. The van der Waals surface area contributed by atoms with Crippen molar-refractivity contribution in [3.63, 3.8) is 0 Å². The summed E-state index contributed by atoms with van der Waals surface area (Å²) in [4.78, 5) is 26.3. The van der Waals surface area contributed by atoms with Crippen LogP contribution in [0.15, 0.2) is 48.5 Å². The molecule has 0 radical (unpaired) electrons. The Bertz CT molecular complexity index is 990. The van der Waals surface area contributed by atoms with Gasteiger partial charge in [-0.25, -0.2) is 0 Å². The van der Waals surface area contributed by atoms with E-state index in [1.54, 1.807) is 6.07 Å². The zero-order valence-electron chi connectivity index (χ0n) is 19.2. The average Bonchev–Trinajstić information content (AvgIpc) is 2.73. The minimum Gasteiger partial charge on any atom is -0.325 e. The molecular weight excluding hydrogens is 396 g/mol. The predicted molar refractivity (Wildman–Crippen MR) is 129 cm³/mol. The molecule has 4 bridgehead atoms. The number of para-hydroxylation sites is 2. The standard InChI is InChI=1S/C28H34N2O2/c1-18(2)22-7-3-5-9-24(22)30-27(32)23-8-4-6-10-25(23)29-26(31)17-28-14-19-11-20(15-28)13-21(12-19)16-28/h3-10,18-21H,11-17H2,1-2H3,(H,29,31)(H,30,32). The van der Waals surface area contributed by atoms with E-state index in [2.05, 4.69) is 24.5 Å². The highest BCUT2D eigenvalue weighted by atomic mass is 16.2. The van der Waals surface area contributed by atoms with Crippen molar-refractivity contribution in [2.75, 3.05) is 10.6 Å². The summed E-state index contributed by atoms with van der Waals surface area (Å²) in [5.74, 6) is 2.65. The molecule has 0 atom stereocenters. The summed E-state index contributed by atoms with van der Waals surface area (Å²) >= 11 is 0. The van der Waals surface area contributed by atoms with Gasteiger partial charge in [0, 0.05) is 12.1 Å². The molecule has 32 heavy (non-hydrogen) atoms. The second-order valence-electron chi connectivity index (χ2n) is 10.9. The van der Waals surface area contributed by atoms with Crippen LogP contribution in [0.1, 0.15) is 80.6 Å². The van der Waals surface area contributed by atoms with Gasteiger partial charge in [0.25, 0.3) is 5.91 Å². The molecule has 2 amide bonds. The van der Waals surface area contributed by atoms with Gasteiger partial charge < -0.3 is 10.6 Å². The third-order valence-electron chi connectivity index (χ3n) is 7.98. The fourth-order valence-electron chi connectivity index (χ4n) is 7.14. The molecule has 2 N–H and O–H groups in total. The highest BCUT2D eigenvalue weighted by molar-refractivity contribution is 6.10. The van der Waals surface area contributed by atoms with Crippen molar-refractivity contribution >= 4 is 23.2 Å². The van der Waals surface area contributed by atoms with Gasteiger partial charge in [0.2, 0.25) is 5.91 Å². The van der Waals surface area contributed by atoms with Crippen molar-refractivity contribution in [1.29, 1.82) is 0 Å². The van der Waals surface area contributed by atoms with Gasteiger partial charge >= 0.3 is 0 Å². The quantitative estimate of drug-likeness (QED) is 0.542. The van der Waals surface area contributed by atoms with Gasteiger partial charge in [-0.05, 0) is 91.4 Å². The Morgan fingerprint density at radius 3 is 2.03 bits per heavy atom. The summed E-state index contributed by atoms with van der Waals surface area (Å²) in [6, 6.07) is 15.2. The van der Waals surface area contributed by atoms with E-state index in [1.165, 1.54) is 38.5 Å². The van der Waals surface area contributed by atoms with Gasteiger partial charge in [0.1, 0.15) is 0 Å². The zero-order valence-corrected chi connectivity index (χ0v) is 19.2. The highest BCUT2D eigenvalue weighted by Crippen LogP contribution is 2.61. The Morgan fingerprint density at radius 1 is 0.844 bits per heavy atom. The van der Waals surface area contributed by atoms with Crippen LogP contribution in [0.3, 0.4) is 0 Å². The first-order valence-corrected chi connectivity index (χ1v) is 12.2. The van der Waals surface area contributed by atoms with Crippen LogP contribution in [-0.4, -0.2) is 11.8 Å². The largest absolute Gasteiger partial charge is 0.325 e. The Labute approximate surface area is 191 Å². The molecule has 0 spiro atoms. The lowest BCUT2D eigenvalue weighted by atomic mass is 9.49. The predicted octanol–water partition coefficient (Wildman–Crippen LogP) is 6.61. The van der Waals surface area contributed by atoms with Gasteiger partial charge in [-0.3, -0.25) is 9.59 Å². The molecule has 4 nitrogen and oxygen atoms in total. The molecule has 4 aliphatic rings. The lowest BCUT2D eigenvalue weighted by Gasteiger charge is -2.56. The van der Waals surface area contributed by atoms with Crippen molar-refractivity contribution in [3.05, 3.63) is 59.7 Å². The smallest absolute Gasteiger partial charge is 0.257 e. The summed E-state index contributed by atoms with van der Waals surface area (Å²) in [6.45, 7) is 4.23. The molecule has 2 aromatic rings. The maximum atomic E-state index is 13.1. The topological polar surface area (TPSA) is 58.2 Å². The number of benzene rings is 2. The first kappa shape index (κ1) is 21.2. The number of carbonyl (C=O) groups excluding carboxylic acids is 2. The minimum absolute atomic E-state index is 0.0507. The molecule has 4 heteroatoms. The number of anilines is 2. The molecule has 0 unspecified atom stereocenters. The van der Waals surface area contributed by atoms with Crippen molar-refractivity contribution in [3.8, 4) is 0 Å². The third kappa shape index (κ3) is 4.20. The fourth-order valence-corrected chi connectivity index (χ4v) is 7.14. The maximum Gasteiger partial charge on any atom is 0.257 e. The number of hydrogen-bond donors (Lipinski definition) is 2. The average molecular weight is 431 g/mol. The minimum atomic E-state index is -0.191. The highest BCUT2D eigenvalue weighted by Gasteiger charge is 2.51. The fraction of sp³-hybridized carbons (Fsp3) is 0.500. The van der Waals surface area contributed by atoms with Crippen molar-refractivity contribution < 1.29 is 9.59 Å². The third-order valence-corrected chi connectivity index (χ3v) is 7.98. The second kappa shape index (κ2) is 8.38. The summed E-state index contributed by atoms with van der Waals surface area (Å²) in [5.41, 5.74) is 3.21. The molecule has 168 valence electrons. The normalized spacial score (nSPS) is 28.0. The lowest BCUT2D eigenvalue weighted by Crippen LogP contribution is -2.47. The van der Waals surface area contributed by atoms with Crippen LogP contribution < -0.4 is 10.6 Å². The van der Waals surface area contributed by atoms with Crippen LogP contribution in [0.4, 0.5) is 11.4 Å². The van der Waals surface area contributed by atoms with Crippen molar-refractivity contribution in [2.45, 2.75) is 64.7 Å². The van der Waals surface area contributed by atoms with Gasteiger partial charge in [-0.1, -0.05) is 44.2 Å². The van der Waals surface area contributed by atoms with E-state index in [4.69, 9.17) is 0 Å². The SMILES string of the molecule is CC(C)c1ccccc1NC(=O)c1ccccc1NC(=O)CC12CC3CC(CC(C3)C1)C2. The van der Waals surface area contributed by atoms with E-state index in [0.717, 1.165) is 29.0 Å². The van der Waals surface area contributed by atoms with Crippen LogP contribution in [0.25, 0.3) is 0 Å². The van der Waals surface area contributed by atoms with E-state index in [9.17, 15) is 9.59 Å². The van der Waals surface area contributed by atoms with Gasteiger partial charge in [-0.2, -0.15) is 0 Å². The van der Waals surface area contributed by atoms with Gasteiger partial charge in [-0.15, -0.1) is 0 Å². The van der Waals surface area contributed by atoms with Gasteiger partial charge in [0.05, 0.1) is 11.3 Å². The van der Waals surface area contributed by atoms with Crippen LogP contribution in [-0.2, 0) is 4.79 Å². The molecule has 0 saturated heterocycles. The van der Waals surface area contributed by atoms with Crippen molar-refractivity contribution in [2.24, 2.45) is 23.2 Å². The maximum absolute atomic E-state index is 13.1. The van der Waals surface area contributed by atoms with E-state index < -0.39 is 0 Å². The van der Waals surface area contributed by atoms with Crippen LogP contribution in [0, 0.1) is 23.2 Å². The molecular formula is C28H34N2O2. The van der Waals surface area contributed by atoms with Gasteiger partial charge in [0.15, 0.2) is 0 Å². The molecule has 4 saturated carbocycles. The molecule has 4 fully saturated rings. The summed E-state index contributed by atoms with van der Waals surface area (Å²) < 4.78 is 0. The van der Waals surface area contributed by atoms with E-state index in [-0.39, 0.29) is 17.2 Å².